The van der Waals surface area contributed by atoms with E-state index in [4.69, 9.17) is 23.2 Å². The van der Waals surface area contributed by atoms with Crippen LogP contribution in [0.3, 0.4) is 0 Å². The number of hydrogen-bond donors (Lipinski definition) is 1. The van der Waals surface area contributed by atoms with E-state index >= 15 is 0 Å². The number of benzene rings is 1. The van der Waals surface area contributed by atoms with Crippen molar-refractivity contribution in [3.8, 4) is 5.69 Å². The van der Waals surface area contributed by atoms with Crippen molar-refractivity contribution in [2.75, 3.05) is 13.6 Å². The number of likely N-dealkylation sites (N-methyl/N-ethyl adjacent to an activating group) is 1. The van der Waals surface area contributed by atoms with E-state index in [1.807, 2.05) is 14.0 Å². The second kappa shape index (κ2) is 7.89. The fourth-order valence-electron chi connectivity index (χ4n) is 2.66. The van der Waals surface area contributed by atoms with Crippen LogP contribution < -0.4 is 10.3 Å². The number of halogens is 2. The SMILES string of the molecule is CC(CNS(=O)(=O)c1ccc(-n2ncc(Cl)c(Cl)c2=O)cc1)N(C)C1CC1. The molecule has 0 amide bonds. The maximum atomic E-state index is 12.5. The summed E-state index contributed by atoms with van der Waals surface area (Å²) < 4.78 is 28.7. The predicted molar refractivity (Wildman–Crippen MR) is 105 cm³/mol. The molecule has 1 aliphatic rings. The van der Waals surface area contributed by atoms with Crippen molar-refractivity contribution in [3.05, 3.63) is 50.9 Å². The number of hydrogen-bond acceptors (Lipinski definition) is 5. The largest absolute Gasteiger partial charge is 0.299 e. The second-order valence-corrected chi connectivity index (χ2v) is 9.17. The van der Waals surface area contributed by atoms with E-state index in [-0.39, 0.29) is 21.0 Å². The Morgan fingerprint density at radius 3 is 2.52 bits per heavy atom. The maximum Gasteiger partial charge on any atom is 0.291 e. The highest BCUT2D eigenvalue weighted by molar-refractivity contribution is 7.89. The summed E-state index contributed by atoms with van der Waals surface area (Å²) in [6, 6.07) is 6.49. The zero-order valence-corrected chi connectivity index (χ0v) is 17.2. The molecule has 0 saturated heterocycles. The Morgan fingerprint density at radius 1 is 1.30 bits per heavy atom. The molecule has 3 rings (SSSR count). The molecule has 0 aliphatic heterocycles. The molecule has 0 spiro atoms. The average molecular weight is 431 g/mol. The molecule has 1 atom stereocenters. The fraction of sp³-hybridized carbons (Fsp3) is 0.412. The van der Waals surface area contributed by atoms with Crippen LogP contribution in [0.15, 0.2) is 40.2 Å². The minimum Gasteiger partial charge on any atom is -0.299 e. The van der Waals surface area contributed by atoms with Crippen molar-refractivity contribution < 1.29 is 8.42 Å². The van der Waals surface area contributed by atoms with E-state index in [0.717, 1.165) is 17.5 Å². The molecule has 0 radical (unpaired) electrons. The first-order valence-corrected chi connectivity index (χ1v) is 10.7. The molecule has 1 unspecified atom stereocenters. The van der Waals surface area contributed by atoms with Crippen molar-refractivity contribution in [2.24, 2.45) is 0 Å². The number of aromatic nitrogens is 2. The lowest BCUT2D eigenvalue weighted by molar-refractivity contribution is 0.248. The Morgan fingerprint density at radius 2 is 1.93 bits per heavy atom. The summed E-state index contributed by atoms with van der Waals surface area (Å²) >= 11 is 11.6. The molecule has 2 aromatic rings. The summed E-state index contributed by atoms with van der Waals surface area (Å²) in [6.07, 6.45) is 3.59. The van der Waals surface area contributed by atoms with Gasteiger partial charge in [-0.05, 0) is 51.1 Å². The lowest BCUT2D eigenvalue weighted by Crippen LogP contribution is -2.41. The fourth-order valence-corrected chi connectivity index (χ4v) is 4.04. The summed E-state index contributed by atoms with van der Waals surface area (Å²) in [5.41, 5.74) is -0.186. The topological polar surface area (TPSA) is 84.3 Å². The maximum absolute atomic E-state index is 12.5. The first-order chi connectivity index (χ1) is 12.7. The van der Waals surface area contributed by atoms with Crippen LogP contribution in [0, 0.1) is 0 Å². The Balaban J connectivity index is 1.74. The molecule has 146 valence electrons. The molecule has 7 nitrogen and oxygen atoms in total. The quantitative estimate of drug-likeness (QED) is 0.728. The molecule has 1 aromatic heterocycles. The van der Waals surface area contributed by atoms with E-state index in [1.165, 1.54) is 30.5 Å². The molecule has 1 fully saturated rings. The zero-order chi connectivity index (χ0) is 19.8. The molecule has 1 heterocycles. The van der Waals surface area contributed by atoms with Gasteiger partial charge in [-0.25, -0.2) is 13.1 Å². The van der Waals surface area contributed by atoms with Gasteiger partial charge in [-0.2, -0.15) is 9.78 Å². The van der Waals surface area contributed by atoms with E-state index in [1.54, 1.807) is 0 Å². The van der Waals surface area contributed by atoms with Crippen molar-refractivity contribution in [2.45, 2.75) is 36.7 Å². The average Bonchev–Trinajstić information content (AvgIpc) is 3.49. The van der Waals surface area contributed by atoms with Gasteiger partial charge in [-0.15, -0.1) is 0 Å². The molecule has 27 heavy (non-hydrogen) atoms. The van der Waals surface area contributed by atoms with Gasteiger partial charge in [0.15, 0.2) is 0 Å². The van der Waals surface area contributed by atoms with Crippen LogP contribution >= 0.6 is 23.2 Å². The standard InChI is InChI=1S/C17H20Cl2N4O3S/c1-11(22(2)12-3-4-12)9-21-27(25,26)14-7-5-13(6-8-14)23-17(24)16(19)15(18)10-20-23/h5-8,10-12,21H,3-4,9H2,1-2H3. The molecular formula is C17H20Cl2N4O3S. The molecule has 10 heteroatoms. The molecule has 1 aromatic carbocycles. The summed E-state index contributed by atoms with van der Waals surface area (Å²) in [5, 5.41) is 3.84. The highest BCUT2D eigenvalue weighted by Gasteiger charge is 2.29. The van der Waals surface area contributed by atoms with E-state index in [2.05, 4.69) is 14.7 Å². The number of sulfonamides is 1. The van der Waals surface area contributed by atoms with Gasteiger partial charge in [0.1, 0.15) is 5.02 Å². The Kier molecular flexibility index (Phi) is 5.93. The zero-order valence-electron chi connectivity index (χ0n) is 14.9. The smallest absolute Gasteiger partial charge is 0.291 e. The predicted octanol–water partition coefficient (Wildman–Crippen LogP) is 2.30. The lowest BCUT2D eigenvalue weighted by atomic mass is 10.3. The van der Waals surface area contributed by atoms with Crippen LogP contribution in [0.4, 0.5) is 0 Å². The van der Waals surface area contributed by atoms with E-state index in [9.17, 15) is 13.2 Å². The summed E-state index contributed by atoms with van der Waals surface area (Å²) in [6.45, 7) is 2.32. The highest BCUT2D eigenvalue weighted by atomic mass is 35.5. The lowest BCUT2D eigenvalue weighted by Gasteiger charge is -2.24. The Hall–Kier alpha value is -1.45. The minimum atomic E-state index is -3.65. The van der Waals surface area contributed by atoms with Gasteiger partial charge in [0.2, 0.25) is 10.0 Å². The number of nitrogens with zero attached hydrogens (tertiary/aromatic N) is 3. The third-order valence-electron chi connectivity index (χ3n) is 4.65. The van der Waals surface area contributed by atoms with Gasteiger partial charge in [-0.1, -0.05) is 23.2 Å². The van der Waals surface area contributed by atoms with Crippen molar-refractivity contribution in [1.29, 1.82) is 0 Å². The van der Waals surface area contributed by atoms with Crippen molar-refractivity contribution >= 4 is 33.2 Å². The van der Waals surface area contributed by atoms with Crippen molar-refractivity contribution in [1.82, 2.24) is 19.4 Å². The summed E-state index contributed by atoms with van der Waals surface area (Å²) in [5.74, 6) is 0. The van der Waals surface area contributed by atoms with Gasteiger partial charge in [-0.3, -0.25) is 9.69 Å². The minimum absolute atomic E-state index is 0.0617. The monoisotopic (exact) mass is 430 g/mol. The van der Waals surface area contributed by atoms with Crippen LogP contribution in [0.2, 0.25) is 10.0 Å². The van der Waals surface area contributed by atoms with Gasteiger partial charge < -0.3 is 0 Å². The first kappa shape index (κ1) is 20.3. The molecule has 1 saturated carbocycles. The molecule has 0 bridgehead atoms. The van der Waals surface area contributed by atoms with Crippen LogP contribution in [0.5, 0.6) is 0 Å². The van der Waals surface area contributed by atoms with Gasteiger partial charge >= 0.3 is 0 Å². The molecular weight excluding hydrogens is 411 g/mol. The summed E-state index contributed by atoms with van der Waals surface area (Å²) in [4.78, 5) is 14.4. The van der Waals surface area contributed by atoms with E-state index in [0.29, 0.717) is 18.3 Å². The Bertz CT molecular complexity index is 988. The second-order valence-electron chi connectivity index (χ2n) is 6.61. The highest BCUT2D eigenvalue weighted by Crippen LogP contribution is 2.26. The third-order valence-corrected chi connectivity index (χ3v) is 6.84. The van der Waals surface area contributed by atoms with E-state index < -0.39 is 15.6 Å². The normalized spacial score (nSPS) is 15.9. The molecule has 1 N–H and O–H groups in total. The van der Waals surface area contributed by atoms with Crippen LogP contribution in [0.25, 0.3) is 5.69 Å². The Labute approximate surface area is 167 Å². The van der Waals surface area contributed by atoms with Crippen LogP contribution in [0.1, 0.15) is 19.8 Å². The van der Waals surface area contributed by atoms with Crippen molar-refractivity contribution in [3.63, 3.8) is 0 Å². The van der Waals surface area contributed by atoms with Gasteiger partial charge in [0, 0.05) is 18.6 Å². The number of nitrogens with one attached hydrogen (secondary N) is 1. The number of rotatable bonds is 7. The summed E-state index contributed by atoms with van der Waals surface area (Å²) in [7, 11) is -1.64. The first-order valence-electron chi connectivity index (χ1n) is 8.46. The van der Waals surface area contributed by atoms with Gasteiger partial charge in [0.05, 0.1) is 21.8 Å². The van der Waals surface area contributed by atoms with Crippen LogP contribution in [-0.4, -0.2) is 48.8 Å². The van der Waals surface area contributed by atoms with Crippen LogP contribution in [-0.2, 0) is 10.0 Å². The van der Waals surface area contributed by atoms with Gasteiger partial charge in [0.25, 0.3) is 5.56 Å². The molecule has 1 aliphatic carbocycles. The third kappa shape index (κ3) is 4.52.